The first-order valence-corrected chi connectivity index (χ1v) is 11.9. The lowest BCUT2D eigenvalue weighted by Gasteiger charge is -2.20. The fourth-order valence-corrected chi connectivity index (χ4v) is 2.81. The number of nitrogens with one attached hydrogen (secondary N) is 6. The molecule has 0 aliphatic rings. The number of carboxylic acid groups (broad SMARTS) is 1. The number of hydrogen-bond acceptors (Lipinski definition) is 8. The Balaban J connectivity index is 2.37. The van der Waals surface area contributed by atoms with E-state index in [1.165, 1.54) is 27.7 Å². The van der Waals surface area contributed by atoms with E-state index in [0.29, 0.717) is 0 Å². The molecule has 0 heterocycles. The lowest BCUT2D eigenvalue weighted by molar-refractivity contribution is -0.138. The molecule has 15 nitrogen and oxygen atoms in total. The molecular formula is C24H34N6O9. The summed E-state index contributed by atoms with van der Waals surface area (Å²) in [6, 6.07) is 4.71. The molecular weight excluding hydrogens is 516 g/mol. The summed E-state index contributed by atoms with van der Waals surface area (Å²) in [7, 11) is 0. The number of alkyl carbamates (subject to hydrolysis) is 1. The van der Waals surface area contributed by atoms with Gasteiger partial charge in [-0.2, -0.15) is 0 Å². The standard InChI is InChI=1S/C24H34N6O9/c1-13(20(34)26-11-19(32)33)28-23(37)16(4)29-22(36)15(3)27-18(31)10-25-21(35)14(2)30-24(38)39-12-17-8-6-5-7-9-17/h5-9,13-16H,10-12H2,1-4H3,(H,25,35)(H,26,34)(H,27,31)(H,28,37)(H,29,36)(H,30,38)(H,32,33)/t13-,14-,15-,16-/m1/s1. The highest BCUT2D eigenvalue weighted by Gasteiger charge is 2.24. The van der Waals surface area contributed by atoms with E-state index in [1.807, 2.05) is 6.07 Å². The zero-order valence-electron chi connectivity index (χ0n) is 22.0. The lowest BCUT2D eigenvalue weighted by atomic mass is 10.2. The molecule has 214 valence electrons. The van der Waals surface area contributed by atoms with Crippen molar-refractivity contribution in [2.24, 2.45) is 0 Å². The van der Waals surface area contributed by atoms with E-state index in [0.717, 1.165) is 5.56 Å². The largest absolute Gasteiger partial charge is 0.480 e. The normalized spacial score (nSPS) is 13.3. The number of aliphatic carboxylic acids is 1. The molecule has 4 atom stereocenters. The van der Waals surface area contributed by atoms with Crippen molar-refractivity contribution in [3.8, 4) is 0 Å². The van der Waals surface area contributed by atoms with Crippen LogP contribution in [-0.2, 0) is 40.1 Å². The molecule has 1 rings (SSSR count). The minimum atomic E-state index is -1.25. The van der Waals surface area contributed by atoms with Crippen molar-refractivity contribution in [3.05, 3.63) is 35.9 Å². The molecule has 0 bridgehead atoms. The van der Waals surface area contributed by atoms with Crippen LogP contribution in [0.25, 0.3) is 0 Å². The molecule has 0 unspecified atom stereocenters. The van der Waals surface area contributed by atoms with E-state index >= 15 is 0 Å². The number of hydrogen-bond donors (Lipinski definition) is 7. The predicted molar refractivity (Wildman–Crippen MR) is 136 cm³/mol. The molecule has 0 spiro atoms. The number of amides is 6. The van der Waals surface area contributed by atoms with Crippen LogP contribution in [0.5, 0.6) is 0 Å². The molecule has 0 aromatic heterocycles. The molecule has 0 aliphatic heterocycles. The number of ether oxygens (including phenoxy) is 1. The average molecular weight is 551 g/mol. The highest BCUT2D eigenvalue weighted by Crippen LogP contribution is 2.00. The molecule has 0 saturated heterocycles. The minimum Gasteiger partial charge on any atom is -0.480 e. The van der Waals surface area contributed by atoms with Crippen molar-refractivity contribution in [2.75, 3.05) is 13.1 Å². The van der Waals surface area contributed by atoms with Gasteiger partial charge >= 0.3 is 12.1 Å². The second-order valence-electron chi connectivity index (χ2n) is 8.51. The van der Waals surface area contributed by atoms with Crippen molar-refractivity contribution in [1.29, 1.82) is 0 Å². The maximum Gasteiger partial charge on any atom is 0.408 e. The van der Waals surface area contributed by atoms with Crippen molar-refractivity contribution >= 4 is 41.6 Å². The second kappa shape index (κ2) is 16.2. The quantitative estimate of drug-likeness (QED) is 0.138. The molecule has 39 heavy (non-hydrogen) atoms. The van der Waals surface area contributed by atoms with Crippen molar-refractivity contribution in [2.45, 2.75) is 58.5 Å². The third-order valence-electron chi connectivity index (χ3n) is 5.05. The summed E-state index contributed by atoms with van der Waals surface area (Å²) in [5, 5.41) is 22.4. The Bertz CT molecular complexity index is 1050. The number of carbonyl (C=O) groups excluding carboxylic acids is 6. The molecule has 1 aromatic rings. The van der Waals surface area contributed by atoms with E-state index in [4.69, 9.17) is 9.84 Å². The summed E-state index contributed by atoms with van der Waals surface area (Å²) >= 11 is 0. The van der Waals surface area contributed by atoms with E-state index in [1.54, 1.807) is 24.3 Å². The van der Waals surface area contributed by atoms with Crippen LogP contribution in [0.2, 0.25) is 0 Å². The van der Waals surface area contributed by atoms with Gasteiger partial charge in [-0.25, -0.2) is 4.79 Å². The van der Waals surface area contributed by atoms with Crippen LogP contribution in [0, 0.1) is 0 Å². The molecule has 6 amide bonds. The van der Waals surface area contributed by atoms with E-state index in [9.17, 15) is 33.6 Å². The molecule has 0 saturated carbocycles. The Morgan fingerprint density at radius 3 is 1.67 bits per heavy atom. The monoisotopic (exact) mass is 550 g/mol. The van der Waals surface area contributed by atoms with Crippen LogP contribution in [0.1, 0.15) is 33.3 Å². The maximum absolute atomic E-state index is 12.3. The Kier molecular flexibility index (Phi) is 13.4. The van der Waals surface area contributed by atoms with Gasteiger partial charge in [-0.15, -0.1) is 0 Å². The Hall–Kier alpha value is -4.69. The first-order chi connectivity index (χ1) is 18.3. The van der Waals surface area contributed by atoms with Crippen LogP contribution in [0.3, 0.4) is 0 Å². The first kappa shape index (κ1) is 32.3. The van der Waals surface area contributed by atoms with Gasteiger partial charge < -0.3 is 41.7 Å². The molecule has 0 radical (unpaired) electrons. The molecule has 1 aromatic carbocycles. The van der Waals surface area contributed by atoms with Gasteiger partial charge in [0.1, 0.15) is 37.3 Å². The second-order valence-corrected chi connectivity index (χ2v) is 8.51. The van der Waals surface area contributed by atoms with Gasteiger partial charge in [-0.05, 0) is 33.3 Å². The van der Waals surface area contributed by atoms with Crippen LogP contribution in [0.4, 0.5) is 4.79 Å². The van der Waals surface area contributed by atoms with Gasteiger partial charge in [0.15, 0.2) is 0 Å². The van der Waals surface area contributed by atoms with Gasteiger partial charge in [0.2, 0.25) is 29.5 Å². The van der Waals surface area contributed by atoms with Crippen LogP contribution >= 0.6 is 0 Å². The fourth-order valence-electron chi connectivity index (χ4n) is 2.81. The van der Waals surface area contributed by atoms with Gasteiger partial charge in [0.05, 0.1) is 6.54 Å². The van der Waals surface area contributed by atoms with E-state index in [-0.39, 0.29) is 6.61 Å². The SMILES string of the molecule is C[C@@H](NC(=O)CNC(=O)[C@@H](C)NC(=O)OCc1ccccc1)C(=O)N[C@H](C)C(=O)N[C@H](C)C(=O)NCC(=O)O. The first-order valence-electron chi connectivity index (χ1n) is 11.9. The van der Waals surface area contributed by atoms with Gasteiger partial charge in [0, 0.05) is 0 Å². The van der Waals surface area contributed by atoms with Gasteiger partial charge in [-0.1, -0.05) is 30.3 Å². The lowest BCUT2D eigenvalue weighted by Crippen LogP contribution is -2.55. The third kappa shape index (κ3) is 12.9. The number of carbonyl (C=O) groups is 7. The summed E-state index contributed by atoms with van der Waals surface area (Å²) in [6.07, 6.45) is -0.815. The Labute approximate surface area is 224 Å². The van der Waals surface area contributed by atoms with Crippen molar-refractivity contribution in [1.82, 2.24) is 31.9 Å². The highest BCUT2D eigenvalue weighted by molar-refractivity contribution is 5.95. The number of carboxylic acids is 1. The van der Waals surface area contributed by atoms with E-state index in [2.05, 4.69) is 31.9 Å². The summed E-state index contributed by atoms with van der Waals surface area (Å²) in [5.41, 5.74) is 0.768. The number of benzene rings is 1. The predicted octanol–water partition coefficient (Wildman–Crippen LogP) is -1.87. The zero-order chi connectivity index (χ0) is 29.5. The summed E-state index contributed by atoms with van der Waals surface area (Å²) < 4.78 is 5.03. The van der Waals surface area contributed by atoms with E-state index < -0.39 is 78.9 Å². The number of rotatable bonds is 14. The Morgan fingerprint density at radius 1 is 0.667 bits per heavy atom. The van der Waals surface area contributed by atoms with Crippen molar-refractivity contribution < 1.29 is 43.4 Å². The molecule has 7 N–H and O–H groups in total. The summed E-state index contributed by atoms with van der Waals surface area (Å²) in [4.78, 5) is 83.0. The Morgan fingerprint density at radius 2 is 1.13 bits per heavy atom. The van der Waals surface area contributed by atoms with Crippen LogP contribution in [-0.4, -0.2) is 84.0 Å². The molecule has 15 heteroatoms. The highest BCUT2D eigenvalue weighted by atomic mass is 16.5. The fraction of sp³-hybridized carbons (Fsp3) is 0.458. The zero-order valence-corrected chi connectivity index (χ0v) is 22.0. The summed E-state index contributed by atoms with van der Waals surface area (Å²) in [6.45, 7) is 4.36. The average Bonchev–Trinajstić information content (AvgIpc) is 2.89. The summed E-state index contributed by atoms with van der Waals surface area (Å²) in [5.74, 6) is -4.76. The maximum atomic E-state index is 12.3. The minimum absolute atomic E-state index is 0.0186. The molecule has 0 aliphatic carbocycles. The third-order valence-corrected chi connectivity index (χ3v) is 5.05. The van der Waals surface area contributed by atoms with Crippen LogP contribution in [0.15, 0.2) is 30.3 Å². The topological polar surface area (TPSA) is 221 Å². The van der Waals surface area contributed by atoms with Crippen molar-refractivity contribution in [3.63, 3.8) is 0 Å². The van der Waals surface area contributed by atoms with Crippen LogP contribution < -0.4 is 31.9 Å². The molecule has 0 fully saturated rings. The van der Waals surface area contributed by atoms with Gasteiger partial charge in [-0.3, -0.25) is 28.8 Å². The van der Waals surface area contributed by atoms with Gasteiger partial charge in [0.25, 0.3) is 0 Å². The smallest absolute Gasteiger partial charge is 0.408 e.